The number of hydrogen-bond donors (Lipinski definition) is 1. The minimum absolute atomic E-state index is 0.219. The predicted molar refractivity (Wildman–Crippen MR) is 102 cm³/mol. The molecule has 0 aliphatic heterocycles. The molecule has 3 aromatic carbocycles. The second-order valence-corrected chi connectivity index (χ2v) is 6.89. The van der Waals surface area contributed by atoms with Crippen LogP contribution in [0.15, 0.2) is 77.7 Å². The average molecular weight is 372 g/mol. The second-order valence-electron chi connectivity index (χ2n) is 5.40. The Labute approximate surface area is 155 Å². The van der Waals surface area contributed by atoms with Crippen molar-refractivity contribution in [2.45, 2.75) is 10.6 Å². The Morgan fingerprint density at radius 2 is 1.56 bits per heavy atom. The van der Waals surface area contributed by atoms with Crippen LogP contribution in [0.3, 0.4) is 0 Å². The molecule has 2 nitrogen and oxygen atoms in total. The Morgan fingerprint density at radius 3 is 2.20 bits per heavy atom. The molecular formula is C20H15ClFNOS. The lowest BCUT2D eigenvalue weighted by atomic mass is 10.1. The average Bonchev–Trinajstić information content (AvgIpc) is 2.63. The Balaban J connectivity index is 1.58. The molecule has 0 fully saturated rings. The highest BCUT2D eigenvalue weighted by molar-refractivity contribution is 7.98. The van der Waals surface area contributed by atoms with E-state index in [9.17, 15) is 9.18 Å². The number of nitrogens with one attached hydrogen (secondary N) is 1. The van der Waals surface area contributed by atoms with E-state index in [1.54, 1.807) is 23.9 Å². The second kappa shape index (κ2) is 8.19. The Morgan fingerprint density at radius 1 is 0.920 bits per heavy atom. The SMILES string of the molecule is O=C(Nc1ccc(F)cc1)c1ccc(CSc2ccc(Cl)cc2)cc1. The van der Waals surface area contributed by atoms with Crippen LogP contribution in [-0.2, 0) is 5.75 Å². The molecule has 0 aliphatic rings. The maximum Gasteiger partial charge on any atom is 0.255 e. The molecule has 0 saturated carbocycles. The molecule has 0 radical (unpaired) electrons. The third-order valence-electron chi connectivity index (χ3n) is 3.54. The van der Waals surface area contributed by atoms with Crippen molar-refractivity contribution in [3.05, 3.63) is 94.8 Å². The van der Waals surface area contributed by atoms with Gasteiger partial charge in [-0.05, 0) is 66.2 Å². The molecule has 0 aromatic heterocycles. The van der Waals surface area contributed by atoms with Crippen LogP contribution < -0.4 is 5.32 Å². The Hall–Kier alpha value is -2.30. The molecule has 3 aromatic rings. The zero-order valence-electron chi connectivity index (χ0n) is 13.2. The molecule has 0 aliphatic carbocycles. The zero-order valence-corrected chi connectivity index (χ0v) is 14.8. The summed E-state index contributed by atoms with van der Waals surface area (Å²) in [5, 5.41) is 3.47. The van der Waals surface area contributed by atoms with Crippen LogP contribution in [0, 0.1) is 5.82 Å². The summed E-state index contributed by atoms with van der Waals surface area (Å²) in [6.45, 7) is 0. The third kappa shape index (κ3) is 5.08. The number of carbonyl (C=O) groups excluding carboxylic acids is 1. The van der Waals surface area contributed by atoms with Crippen LogP contribution in [0.2, 0.25) is 5.02 Å². The molecule has 1 amide bonds. The number of benzene rings is 3. The summed E-state index contributed by atoms with van der Waals surface area (Å²) in [4.78, 5) is 13.3. The van der Waals surface area contributed by atoms with E-state index in [2.05, 4.69) is 5.32 Å². The zero-order chi connectivity index (χ0) is 17.6. The first-order valence-electron chi connectivity index (χ1n) is 7.64. The summed E-state index contributed by atoms with van der Waals surface area (Å²) in [6.07, 6.45) is 0. The summed E-state index contributed by atoms with van der Waals surface area (Å²) >= 11 is 7.58. The number of carbonyl (C=O) groups is 1. The van der Waals surface area contributed by atoms with Crippen LogP contribution in [0.25, 0.3) is 0 Å². The highest BCUT2D eigenvalue weighted by atomic mass is 35.5. The van der Waals surface area contributed by atoms with E-state index in [4.69, 9.17) is 11.6 Å². The van der Waals surface area contributed by atoms with Gasteiger partial charge in [-0.15, -0.1) is 11.8 Å². The van der Waals surface area contributed by atoms with E-state index in [0.29, 0.717) is 11.3 Å². The minimum atomic E-state index is -0.333. The van der Waals surface area contributed by atoms with E-state index in [0.717, 1.165) is 21.2 Å². The fraction of sp³-hybridized carbons (Fsp3) is 0.0500. The molecule has 0 saturated heterocycles. The number of anilines is 1. The van der Waals surface area contributed by atoms with E-state index in [1.807, 2.05) is 36.4 Å². The summed E-state index contributed by atoms with van der Waals surface area (Å²) in [6, 6.07) is 20.8. The summed E-state index contributed by atoms with van der Waals surface area (Å²) in [5.74, 6) is 0.255. The van der Waals surface area contributed by atoms with Gasteiger partial charge in [-0.3, -0.25) is 4.79 Å². The van der Waals surface area contributed by atoms with Gasteiger partial charge >= 0.3 is 0 Å². The van der Waals surface area contributed by atoms with E-state index in [1.165, 1.54) is 24.3 Å². The molecule has 0 heterocycles. The van der Waals surface area contributed by atoms with Gasteiger partial charge in [0, 0.05) is 26.9 Å². The molecule has 0 spiro atoms. The quantitative estimate of drug-likeness (QED) is 0.555. The van der Waals surface area contributed by atoms with Crippen molar-refractivity contribution in [3.63, 3.8) is 0 Å². The topological polar surface area (TPSA) is 29.1 Å². The van der Waals surface area contributed by atoms with E-state index in [-0.39, 0.29) is 11.7 Å². The Kier molecular flexibility index (Phi) is 5.74. The monoisotopic (exact) mass is 371 g/mol. The third-order valence-corrected chi connectivity index (χ3v) is 4.87. The largest absolute Gasteiger partial charge is 0.322 e. The lowest BCUT2D eigenvalue weighted by Crippen LogP contribution is -2.11. The first kappa shape index (κ1) is 17.5. The van der Waals surface area contributed by atoms with Gasteiger partial charge in [0.1, 0.15) is 5.82 Å². The smallest absolute Gasteiger partial charge is 0.255 e. The first-order valence-corrected chi connectivity index (χ1v) is 9.01. The highest BCUT2D eigenvalue weighted by Gasteiger charge is 2.06. The summed E-state index contributed by atoms with van der Waals surface area (Å²) < 4.78 is 12.9. The lowest BCUT2D eigenvalue weighted by Gasteiger charge is -2.07. The van der Waals surface area contributed by atoms with Gasteiger partial charge in [0.2, 0.25) is 0 Å². The van der Waals surface area contributed by atoms with Crippen molar-refractivity contribution < 1.29 is 9.18 Å². The molecule has 0 atom stereocenters. The predicted octanol–water partition coefficient (Wildman–Crippen LogP) is 6.02. The molecule has 5 heteroatoms. The van der Waals surface area contributed by atoms with E-state index >= 15 is 0 Å². The molecule has 0 unspecified atom stereocenters. The standard InChI is InChI=1S/C20H15ClFNOS/c21-16-5-11-19(12-6-16)25-13-14-1-3-15(4-2-14)20(24)23-18-9-7-17(22)8-10-18/h1-12H,13H2,(H,23,24). The lowest BCUT2D eigenvalue weighted by molar-refractivity contribution is 0.102. The van der Waals surface area contributed by atoms with Crippen molar-refractivity contribution in [2.24, 2.45) is 0 Å². The van der Waals surface area contributed by atoms with Crippen LogP contribution in [0.1, 0.15) is 15.9 Å². The van der Waals surface area contributed by atoms with Crippen molar-refractivity contribution >= 4 is 35.0 Å². The highest BCUT2D eigenvalue weighted by Crippen LogP contribution is 2.24. The Bertz CT molecular complexity index is 848. The van der Waals surface area contributed by atoms with Gasteiger partial charge in [-0.1, -0.05) is 23.7 Å². The van der Waals surface area contributed by atoms with Gasteiger partial charge < -0.3 is 5.32 Å². The normalized spacial score (nSPS) is 10.5. The van der Waals surface area contributed by atoms with Gasteiger partial charge in [-0.2, -0.15) is 0 Å². The van der Waals surface area contributed by atoms with Crippen LogP contribution in [0.5, 0.6) is 0 Å². The molecule has 0 bridgehead atoms. The summed E-state index contributed by atoms with van der Waals surface area (Å²) in [7, 11) is 0. The number of hydrogen-bond acceptors (Lipinski definition) is 2. The molecule has 126 valence electrons. The van der Waals surface area contributed by atoms with E-state index < -0.39 is 0 Å². The minimum Gasteiger partial charge on any atom is -0.322 e. The van der Waals surface area contributed by atoms with Crippen LogP contribution in [0.4, 0.5) is 10.1 Å². The van der Waals surface area contributed by atoms with Gasteiger partial charge in [0.05, 0.1) is 0 Å². The van der Waals surface area contributed by atoms with Crippen molar-refractivity contribution in [1.29, 1.82) is 0 Å². The molecule has 1 N–H and O–H groups in total. The molecule has 25 heavy (non-hydrogen) atoms. The van der Waals surface area contributed by atoms with Crippen LogP contribution >= 0.6 is 23.4 Å². The molecular weight excluding hydrogens is 357 g/mol. The fourth-order valence-electron chi connectivity index (χ4n) is 2.19. The van der Waals surface area contributed by atoms with Gasteiger partial charge in [0.25, 0.3) is 5.91 Å². The maximum atomic E-state index is 12.9. The molecule has 3 rings (SSSR count). The van der Waals surface area contributed by atoms with Crippen molar-refractivity contribution in [2.75, 3.05) is 5.32 Å². The van der Waals surface area contributed by atoms with Crippen LogP contribution in [-0.4, -0.2) is 5.91 Å². The number of amides is 1. The number of thioether (sulfide) groups is 1. The number of rotatable bonds is 5. The van der Waals surface area contributed by atoms with Crippen molar-refractivity contribution in [1.82, 2.24) is 0 Å². The summed E-state index contributed by atoms with van der Waals surface area (Å²) in [5.41, 5.74) is 2.25. The fourth-order valence-corrected chi connectivity index (χ4v) is 3.17. The van der Waals surface area contributed by atoms with Gasteiger partial charge in [0.15, 0.2) is 0 Å². The number of halogens is 2. The maximum absolute atomic E-state index is 12.9. The van der Waals surface area contributed by atoms with Gasteiger partial charge in [-0.25, -0.2) is 4.39 Å². The van der Waals surface area contributed by atoms with Crippen molar-refractivity contribution in [3.8, 4) is 0 Å². The first-order chi connectivity index (χ1) is 12.1.